The van der Waals surface area contributed by atoms with E-state index in [0.717, 1.165) is 17.1 Å². The van der Waals surface area contributed by atoms with E-state index in [4.69, 9.17) is 32.7 Å². The molecule has 0 radical (unpaired) electrons. The van der Waals surface area contributed by atoms with Crippen LogP contribution < -0.4 is 14.5 Å². The highest BCUT2D eigenvalue weighted by Gasteiger charge is 2.40. The van der Waals surface area contributed by atoms with Gasteiger partial charge in [0.15, 0.2) is 33.7 Å². The predicted molar refractivity (Wildman–Crippen MR) is 178 cm³/mol. The zero-order chi connectivity index (χ0) is 34.6. The number of esters is 1. The van der Waals surface area contributed by atoms with Crippen LogP contribution in [0.5, 0.6) is 11.5 Å². The van der Waals surface area contributed by atoms with Crippen LogP contribution in [0.1, 0.15) is 37.0 Å². The lowest BCUT2D eigenvalue weighted by atomic mass is 10.0. The zero-order valence-electron chi connectivity index (χ0n) is 26.1. The molecule has 1 aromatic heterocycles. The molecule has 2 aliphatic rings. The Hall–Kier alpha value is -2.73. The summed E-state index contributed by atoms with van der Waals surface area (Å²) in [7, 11) is -7.82. The Labute approximate surface area is 297 Å². The second-order valence-electron chi connectivity index (χ2n) is 11.2. The number of thioether (sulfide) groups is 1. The van der Waals surface area contributed by atoms with Gasteiger partial charge in [-0.1, -0.05) is 36.2 Å². The van der Waals surface area contributed by atoms with E-state index >= 15 is 0 Å². The van der Waals surface area contributed by atoms with Crippen molar-refractivity contribution in [3.8, 4) is 11.5 Å². The third-order valence-electron chi connectivity index (χ3n) is 7.89. The van der Waals surface area contributed by atoms with Gasteiger partial charge in [0.1, 0.15) is 22.2 Å². The van der Waals surface area contributed by atoms with Gasteiger partial charge in [-0.05, 0) is 60.7 Å². The van der Waals surface area contributed by atoms with E-state index in [1.807, 2.05) is 0 Å². The van der Waals surface area contributed by atoms with E-state index in [0.29, 0.717) is 22.8 Å². The zero-order valence-corrected chi connectivity index (χ0v) is 30.0. The molecular weight excluding hydrogens is 749 g/mol. The average Bonchev–Trinajstić information content (AvgIpc) is 3.90. The van der Waals surface area contributed by atoms with E-state index < -0.39 is 44.6 Å². The molecule has 1 aliphatic carbocycles. The highest BCUT2D eigenvalue weighted by molar-refractivity contribution is 7.99. The van der Waals surface area contributed by atoms with Crippen molar-refractivity contribution in [3.05, 3.63) is 76.0 Å². The van der Waals surface area contributed by atoms with E-state index in [1.165, 1.54) is 73.5 Å². The summed E-state index contributed by atoms with van der Waals surface area (Å²) < 4.78 is 96.1. The number of pyridine rings is 1. The van der Waals surface area contributed by atoms with Crippen molar-refractivity contribution in [3.63, 3.8) is 0 Å². The molecule has 11 nitrogen and oxygen atoms in total. The molecule has 1 saturated carbocycles. The number of aromatic nitrogens is 1. The average molecular weight is 784 g/mol. The summed E-state index contributed by atoms with van der Waals surface area (Å²) >= 11 is 14.2. The number of benzene rings is 2. The highest BCUT2D eigenvalue weighted by Crippen LogP contribution is 2.38. The normalized spacial score (nSPS) is 17.6. The molecule has 268 valence electrons. The molecule has 49 heavy (non-hydrogen) atoms. The number of ether oxygens (including phenoxy) is 3. The molecule has 0 amide bonds. The lowest BCUT2D eigenvalue weighted by molar-refractivity contribution is -0.377. The first-order valence-corrected chi connectivity index (χ1v) is 20.0. The lowest BCUT2D eigenvalue weighted by Gasteiger charge is -2.34. The highest BCUT2D eigenvalue weighted by atomic mass is 35.5. The van der Waals surface area contributed by atoms with Gasteiger partial charge in [-0.2, -0.15) is 24.8 Å². The Bertz CT molecular complexity index is 1830. The van der Waals surface area contributed by atoms with Crippen LogP contribution in [0, 0.1) is 5.92 Å². The Balaban J connectivity index is 0.00000541. The maximum atomic E-state index is 13.9. The van der Waals surface area contributed by atoms with Crippen molar-refractivity contribution >= 4 is 60.8 Å². The van der Waals surface area contributed by atoms with E-state index in [1.54, 1.807) is 0 Å². The fourth-order valence-corrected chi connectivity index (χ4v) is 9.25. The van der Waals surface area contributed by atoms with Crippen LogP contribution in [-0.4, -0.2) is 75.6 Å². The summed E-state index contributed by atoms with van der Waals surface area (Å²) in [5.41, 5.74) is 0.772. The smallest absolute Gasteiger partial charge is 0.387 e. The molecule has 0 spiro atoms. The van der Waals surface area contributed by atoms with Gasteiger partial charge in [0.25, 0.3) is 0 Å². The first-order valence-electron chi connectivity index (χ1n) is 15.0. The van der Waals surface area contributed by atoms with Crippen LogP contribution in [0.25, 0.3) is 0 Å². The number of hydrogen-bond acceptors (Lipinski definition) is 10. The fraction of sp³-hybridized carbons (Fsp3) is 0.419. The predicted octanol–water partition coefficient (Wildman–Crippen LogP) is 5.45. The van der Waals surface area contributed by atoms with Crippen LogP contribution in [0.2, 0.25) is 10.0 Å². The van der Waals surface area contributed by atoms with Gasteiger partial charge in [-0.3, -0.25) is 4.79 Å². The molecule has 5 rings (SSSR count). The Kier molecular flexibility index (Phi) is 13.2. The van der Waals surface area contributed by atoms with Crippen LogP contribution >= 0.6 is 35.0 Å². The summed E-state index contributed by atoms with van der Waals surface area (Å²) in [6.45, 7) is -1.33. The quantitative estimate of drug-likeness (QED) is 0.193. The van der Waals surface area contributed by atoms with Crippen molar-refractivity contribution in [1.29, 1.82) is 0 Å². The van der Waals surface area contributed by atoms with Gasteiger partial charge in [-0.25, -0.2) is 21.8 Å². The first kappa shape index (κ1) is 39.1. The number of H-pyrrole nitrogens is 1. The molecule has 2 N–H and O–H groups in total. The number of sulfone groups is 1. The number of nitrogens with zero attached hydrogens (tertiary/aromatic N) is 1. The number of aromatic amines is 1. The number of halogens is 4. The second kappa shape index (κ2) is 16.5. The number of alkyl halides is 2. The van der Waals surface area contributed by atoms with Crippen LogP contribution in [-0.2, 0) is 35.8 Å². The largest absolute Gasteiger partial charge is 0.870 e. The molecule has 1 aliphatic heterocycles. The number of carbonyl (C=O) groups is 1. The Morgan fingerprint density at radius 2 is 1.67 bits per heavy atom. The summed E-state index contributed by atoms with van der Waals surface area (Å²) in [4.78, 5) is 16.5. The standard InChI is InChI=1S/C31H32Cl2F2N2O8S3.H2O/c1-2-47(39,40)21-6-8-22(9-7-21)48(41,42)37-11-12-46-18-26(37)30(38)44-28(14-23-24(32)15-36-16-25(23)33)20-5-10-27(45-31(34)35)29(13-20)43-17-19-3-4-19;/h5-10,13,15-16,19,26,28,31H,2-4,11-12,14,17-18H2,1H3;1H2/t26?,28-;/m0./s1. The van der Waals surface area contributed by atoms with Crippen molar-refractivity contribution < 1.29 is 55.1 Å². The SMILES string of the molecule is CCS(=O)(=O)c1ccc(S(=O)(=O)N2CCSCC2C(=O)O[C@@H](Cc2c(Cl)c[nH+]cc2Cl)c2ccc(OC(F)F)c(OCC3CC3)c2)cc1.[OH-]. The van der Waals surface area contributed by atoms with Gasteiger partial charge in [0.05, 0.1) is 22.2 Å². The maximum Gasteiger partial charge on any atom is 0.387 e. The number of rotatable bonds is 14. The molecule has 0 bridgehead atoms. The van der Waals surface area contributed by atoms with Gasteiger partial charge < -0.3 is 19.7 Å². The summed E-state index contributed by atoms with van der Waals surface area (Å²) in [5, 5.41) is 0.495. The molecule has 2 aromatic carbocycles. The topological polar surface area (TPSA) is 160 Å². The molecular formula is C31H34Cl2F2N2O9S3. The van der Waals surface area contributed by atoms with Gasteiger partial charge in [0, 0.05) is 30.0 Å². The molecule has 1 saturated heterocycles. The third-order valence-corrected chi connectivity index (χ3v) is 13.3. The van der Waals surface area contributed by atoms with Crippen LogP contribution in [0.4, 0.5) is 8.78 Å². The summed E-state index contributed by atoms with van der Waals surface area (Å²) in [6.07, 6.45) is 3.74. The van der Waals surface area contributed by atoms with Gasteiger partial charge >= 0.3 is 12.6 Å². The number of hydrogen-bond donors (Lipinski definition) is 0. The fourth-order valence-electron chi connectivity index (χ4n) is 5.01. The molecule has 18 heteroatoms. The molecule has 2 atom stereocenters. The first-order chi connectivity index (χ1) is 22.8. The number of nitrogens with one attached hydrogen (secondary N) is 1. The number of sulfonamides is 1. The van der Waals surface area contributed by atoms with Crippen molar-refractivity contribution in [2.24, 2.45) is 5.92 Å². The van der Waals surface area contributed by atoms with Crippen LogP contribution in [0.15, 0.2) is 64.6 Å². The second-order valence-corrected chi connectivity index (χ2v) is 17.3. The van der Waals surface area contributed by atoms with Crippen LogP contribution in [0.3, 0.4) is 0 Å². The minimum Gasteiger partial charge on any atom is -0.870 e. The van der Waals surface area contributed by atoms with Gasteiger partial charge in [-0.15, -0.1) is 0 Å². The minimum atomic E-state index is -4.26. The molecule has 2 heterocycles. The molecule has 1 unspecified atom stereocenters. The van der Waals surface area contributed by atoms with Crippen molar-refractivity contribution in [2.75, 3.05) is 30.4 Å². The maximum absolute atomic E-state index is 13.9. The summed E-state index contributed by atoms with van der Waals surface area (Å²) in [6, 6.07) is 7.81. The van der Waals surface area contributed by atoms with Gasteiger partial charge in [0.2, 0.25) is 10.0 Å². The minimum absolute atomic E-state index is 0. The number of carbonyl (C=O) groups excluding carboxylic acids is 1. The molecule has 2 fully saturated rings. The third kappa shape index (κ3) is 9.54. The van der Waals surface area contributed by atoms with E-state index in [9.17, 15) is 30.4 Å². The van der Waals surface area contributed by atoms with Crippen molar-refractivity contribution in [2.45, 2.75) is 54.7 Å². The Morgan fingerprint density at radius 1 is 1.02 bits per heavy atom. The molecule has 3 aromatic rings. The van der Waals surface area contributed by atoms with Crippen molar-refractivity contribution in [1.82, 2.24) is 4.31 Å². The Morgan fingerprint density at radius 3 is 2.29 bits per heavy atom. The van der Waals surface area contributed by atoms with E-state index in [-0.39, 0.29) is 67.9 Å². The summed E-state index contributed by atoms with van der Waals surface area (Å²) in [5.74, 6) is -0.369. The van der Waals surface area contributed by atoms with E-state index in [2.05, 4.69) is 9.72 Å². The monoisotopic (exact) mass is 782 g/mol. The lowest BCUT2D eigenvalue weighted by Crippen LogP contribution is -2.51.